The maximum absolute atomic E-state index is 6.02. The summed E-state index contributed by atoms with van der Waals surface area (Å²) in [5.41, 5.74) is 2.81. The summed E-state index contributed by atoms with van der Waals surface area (Å²) in [6.07, 6.45) is 9.93. The normalized spacial score (nSPS) is 12.8. The quantitative estimate of drug-likeness (QED) is 0.261. The zero-order valence-electron chi connectivity index (χ0n) is 10.8. The van der Waals surface area contributed by atoms with E-state index >= 15 is 0 Å². The highest BCUT2D eigenvalue weighted by molar-refractivity contribution is 6.21. The molecule has 16 heavy (non-hydrogen) atoms. The van der Waals surface area contributed by atoms with Gasteiger partial charge in [0.05, 0.1) is 0 Å². The van der Waals surface area contributed by atoms with Gasteiger partial charge < -0.3 is 0 Å². The third-order valence-corrected chi connectivity index (χ3v) is 3.63. The summed E-state index contributed by atoms with van der Waals surface area (Å²) in [4.78, 5) is 0. The molecule has 0 bridgehead atoms. The van der Waals surface area contributed by atoms with Crippen molar-refractivity contribution < 1.29 is 0 Å². The van der Waals surface area contributed by atoms with E-state index in [1.165, 1.54) is 49.7 Å². The second-order valence-corrected chi connectivity index (χ2v) is 4.92. The average molecular weight is 265 g/mol. The van der Waals surface area contributed by atoms with Crippen LogP contribution >= 0.6 is 23.2 Å². The minimum atomic E-state index is 0.665. The van der Waals surface area contributed by atoms with Gasteiger partial charge in [-0.3, -0.25) is 0 Å². The fourth-order valence-corrected chi connectivity index (χ4v) is 2.50. The summed E-state index contributed by atoms with van der Waals surface area (Å²) in [6, 6.07) is 0. The molecule has 0 nitrogen and oxygen atoms in total. The molecule has 96 valence electrons. The Labute approximate surface area is 111 Å². The maximum Gasteiger partial charge on any atom is 0.0436 e. The first-order chi connectivity index (χ1) is 7.79. The van der Waals surface area contributed by atoms with Gasteiger partial charge in [0.1, 0.15) is 0 Å². The molecule has 2 heteroatoms. The van der Waals surface area contributed by atoms with E-state index in [9.17, 15) is 0 Å². The fourth-order valence-electron chi connectivity index (χ4n) is 1.85. The lowest BCUT2D eigenvalue weighted by atomic mass is 9.99. The Morgan fingerprint density at radius 3 is 1.31 bits per heavy atom. The van der Waals surface area contributed by atoms with E-state index in [-0.39, 0.29) is 0 Å². The van der Waals surface area contributed by atoms with Crippen molar-refractivity contribution in [3.8, 4) is 0 Å². The van der Waals surface area contributed by atoms with E-state index in [0.29, 0.717) is 11.8 Å². The molecular formula is C14H26Cl2. The predicted octanol–water partition coefficient (Wildman–Crippen LogP) is 5.92. The lowest BCUT2D eigenvalue weighted by Crippen LogP contribution is -1.97. The third kappa shape index (κ3) is 7.57. The molecule has 0 saturated heterocycles. The number of allylic oxidation sites excluding steroid dienone is 2. The summed E-state index contributed by atoms with van der Waals surface area (Å²) in [5.74, 6) is 1.33. The smallest absolute Gasteiger partial charge is 0.0436 e. The summed E-state index contributed by atoms with van der Waals surface area (Å²) >= 11 is 12.0. The molecule has 0 N–H and O–H groups in total. The first-order valence-electron chi connectivity index (χ1n) is 6.61. The Morgan fingerprint density at radius 1 is 0.688 bits per heavy atom. The van der Waals surface area contributed by atoms with Crippen LogP contribution in [0.3, 0.4) is 0 Å². The lowest BCUT2D eigenvalue weighted by Gasteiger charge is -2.11. The van der Waals surface area contributed by atoms with Crippen LogP contribution in [0.15, 0.2) is 11.1 Å². The molecule has 0 rings (SSSR count). The highest BCUT2D eigenvalue weighted by Gasteiger charge is 2.05. The van der Waals surface area contributed by atoms with E-state index in [2.05, 4.69) is 13.8 Å². The third-order valence-electron chi connectivity index (χ3n) is 2.99. The Hall–Kier alpha value is 0.320. The summed E-state index contributed by atoms with van der Waals surface area (Å²) in [5, 5.41) is 0. The maximum atomic E-state index is 6.02. The van der Waals surface area contributed by atoms with Gasteiger partial charge in [-0.25, -0.2) is 0 Å². The van der Waals surface area contributed by atoms with E-state index in [0.717, 1.165) is 12.8 Å². The molecule has 0 heterocycles. The van der Waals surface area contributed by atoms with Crippen molar-refractivity contribution in [1.82, 2.24) is 0 Å². The van der Waals surface area contributed by atoms with Gasteiger partial charge in [0.25, 0.3) is 0 Å². The molecule has 0 aromatic heterocycles. The zero-order valence-corrected chi connectivity index (χ0v) is 12.3. The monoisotopic (exact) mass is 264 g/mol. The topological polar surface area (TPSA) is 0 Å². The number of hydrogen-bond donors (Lipinski definition) is 0. The summed E-state index contributed by atoms with van der Waals surface area (Å²) < 4.78 is 0. The zero-order chi connectivity index (χ0) is 12.2. The molecule has 0 amide bonds. The molecule has 0 aliphatic heterocycles. The van der Waals surface area contributed by atoms with Crippen LogP contribution < -0.4 is 0 Å². The minimum absolute atomic E-state index is 0.665. The SMILES string of the molecule is CCCCCC(CCl)=C(CCl)CCCCC. The van der Waals surface area contributed by atoms with Crippen molar-refractivity contribution >= 4 is 23.2 Å². The van der Waals surface area contributed by atoms with Gasteiger partial charge in [0.15, 0.2) is 0 Å². The van der Waals surface area contributed by atoms with Gasteiger partial charge in [-0.1, -0.05) is 50.7 Å². The lowest BCUT2D eigenvalue weighted by molar-refractivity contribution is 0.687. The minimum Gasteiger partial charge on any atom is -0.122 e. The largest absolute Gasteiger partial charge is 0.122 e. The van der Waals surface area contributed by atoms with Crippen LogP contribution in [0.4, 0.5) is 0 Å². The van der Waals surface area contributed by atoms with E-state index in [1.54, 1.807) is 0 Å². The van der Waals surface area contributed by atoms with Crippen molar-refractivity contribution in [2.24, 2.45) is 0 Å². The van der Waals surface area contributed by atoms with Crippen LogP contribution in [0.5, 0.6) is 0 Å². The molecular weight excluding hydrogens is 239 g/mol. The van der Waals surface area contributed by atoms with Gasteiger partial charge in [-0.2, -0.15) is 0 Å². The van der Waals surface area contributed by atoms with Crippen molar-refractivity contribution in [3.63, 3.8) is 0 Å². The summed E-state index contributed by atoms with van der Waals surface area (Å²) in [6.45, 7) is 4.46. The Balaban J connectivity index is 4.15. The second-order valence-electron chi connectivity index (χ2n) is 4.39. The molecule has 0 aromatic carbocycles. The Bertz CT molecular complexity index is 165. The highest BCUT2D eigenvalue weighted by Crippen LogP contribution is 2.21. The molecule has 0 unspecified atom stereocenters. The first-order valence-corrected chi connectivity index (χ1v) is 7.68. The molecule has 0 spiro atoms. The van der Waals surface area contributed by atoms with Crippen LogP contribution in [0.1, 0.15) is 65.2 Å². The van der Waals surface area contributed by atoms with Crippen molar-refractivity contribution in [2.75, 3.05) is 11.8 Å². The number of halogens is 2. The van der Waals surface area contributed by atoms with Gasteiger partial charge in [-0.15, -0.1) is 23.2 Å². The second kappa shape index (κ2) is 11.8. The fraction of sp³-hybridized carbons (Fsp3) is 0.857. The van der Waals surface area contributed by atoms with E-state index < -0.39 is 0 Å². The molecule has 0 aliphatic carbocycles. The van der Waals surface area contributed by atoms with E-state index in [4.69, 9.17) is 23.2 Å². The number of unbranched alkanes of at least 4 members (excludes halogenated alkanes) is 4. The first kappa shape index (κ1) is 16.3. The van der Waals surface area contributed by atoms with Crippen molar-refractivity contribution in [3.05, 3.63) is 11.1 Å². The Kier molecular flexibility index (Phi) is 12.0. The Morgan fingerprint density at radius 2 is 1.06 bits per heavy atom. The predicted molar refractivity (Wildman–Crippen MR) is 76.8 cm³/mol. The average Bonchev–Trinajstić information content (AvgIpc) is 2.31. The number of rotatable bonds is 10. The molecule has 0 saturated carbocycles. The molecule has 0 radical (unpaired) electrons. The van der Waals surface area contributed by atoms with Gasteiger partial charge in [0.2, 0.25) is 0 Å². The van der Waals surface area contributed by atoms with Crippen LogP contribution in [0, 0.1) is 0 Å². The number of hydrogen-bond acceptors (Lipinski definition) is 0. The highest BCUT2D eigenvalue weighted by atomic mass is 35.5. The number of alkyl halides is 2. The van der Waals surface area contributed by atoms with Crippen molar-refractivity contribution in [2.45, 2.75) is 65.2 Å². The van der Waals surface area contributed by atoms with Gasteiger partial charge >= 0.3 is 0 Å². The van der Waals surface area contributed by atoms with Crippen LogP contribution in [-0.2, 0) is 0 Å². The van der Waals surface area contributed by atoms with Gasteiger partial charge in [-0.05, 0) is 25.7 Å². The van der Waals surface area contributed by atoms with Crippen LogP contribution in [-0.4, -0.2) is 11.8 Å². The van der Waals surface area contributed by atoms with Crippen LogP contribution in [0.25, 0.3) is 0 Å². The molecule has 0 aromatic rings. The summed E-state index contributed by atoms with van der Waals surface area (Å²) in [7, 11) is 0. The standard InChI is InChI=1S/C14H26Cl2/c1-3-5-7-9-13(11-15)14(12-16)10-8-6-4-2/h3-12H2,1-2H3. The van der Waals surface area contributed by atoms with Gasteiger partial charge in [0, 0.05) is 11.8 Å². The molecule has 0 aliphatic rings. The van der Waals surface area contributed by atoms with E-state index in [1.807, 2.05) is 0 Å². The molecule has 0 atom stereocenters. The van der Waals surface area contributed by atoms with Crippen molar-refractivity contribution in [1.29, 1.82) is 0 Å². The van der Waals surface area contributed by atoms with Crippen LogP contribution in [0.2, 0.25) is 0 Å². The molecule has 0 fully saturated rings.